The molecule has 1 atom stereocenters. The summed E-state index contributed by atoms with van der Waals surface area (Å²) in [6, 6.07) is 0.210. The molecule has 2 heterocycles. The van der Waals surface area contributed by atoms with Crippen LogP contribution in [0.1, 0.15) is 19.3 Å². The van der Waals surface area contributed by atoms with Crippen molar-refractivity contribution < 1.29 is 17.9 Å². The van der Waals surface area contributed by atoms with Gasteiger partial charge in [-0.1, -0.05) is 0 Å². The van der Waals surface area contributed by atoms with E-state index in [0.717, 1.165) is 12.8 Å². The van der Waals surface area contributed by atoms with E-state index in [1.807, 2.05) is 0 Å². The maximum absolute atomic E-state index is 11.8. The zero-order chi connectivity index (χ0) is 12.5. The molecule has 0 aromatic rings. The number of amides is 1. The summed E-state index contributed by atoms with van der Waals surface area (Å²) in [5.74, 6) is -0.204. The summed E-state index contributed by atoms with van der Waals surface area (Å²) in [6.45, 7) is 1.86. The zero-order valence-electron chi connectivity index (χ0n) is 9.67. The Balaban J connectivity index is 1.95. The summed E-state index contributed by atoms with van der Waals surface area (Å²) in [5.41, 5.74) is 0. The van der Waals surface area contributed by atoms with Crippen LogP contribution in [-0.2, 0) is 19.6 Å². The molecule has 2 rings (SSSR count). The Morgan fingerprint density at radius 3 is 2.59 bits per heavy atom. The number of nitrogens with two attached hydrogens (primary N) is 1. The Kier molecular flexibility index (Phi) is 3.70. The number of carbonyl (C=O) groups is 1. The van der Waals surface area contributed by atoms with Crippen LogP contribution in [0.4, 0.5) is 0 Å². The van der Waals surface area contributed by atoms with Crippen LogP contribution in [-0.4, -0.2) is 50.8 Å². The molecule has 1 unspecified atom stereocenters. The molecule has 17 heavy (non-hydrogen) atoms. The van der Waals surface area contributed by atoms with Crippen LogP contribution < -0.4 is 5.14 Å². The lowest BCUT2D eigenvalue weighted by Gasteiger charge is -2.31. The van der Waals surface area contributed by atoms with Crippen molar-refractivity contribution in [3.8, 4) is 0 Å². The van der Waals surface area contributed by atoms with Gasteiger partial charge in [-0.15, -0.1) is 0 Å². The number of sulfonamides is 1. The first-order valence-corrected chi connectivity index (χ1v) is 7.55. The van der Waals surface area contributed by atoms with Gasteiger partial charge in [0.15, 0.2) is 0 Å². The Bertz CT molecular complexity index is 389. The van der Waals surface area contributed by atoms with Crippen LogP contribution in [0.15, 0.2) is 0 Å². The van der Waals surface area contributed by atoms with Crippen LogP contribution >= 0.6 is 0 Å². The van der Waals surface area contributed by atoms with Crippen LogP contribution in [0.3, 0.4) is 0 Å². The van der Waals surface area contributed by atoms with E-state index in [2.05, 4.69) is 0 Å². The average molecular weight is 262 g/mol. The van der Waals surface area contributed by atoms with E-state index in [1.54, 1.807) is 4.90 Å². The predicted octanol–water partition coefficient (Wildman–Crippen LogP) is -0.698. The third-order valence-electron chi connectivity index (χ3n) is 3.34. The van der Waals surface area contributed by atoms with Crippen molar-refractivity contribution in [3.63, 3.8) is 0 Å². The lowest BCUT2D eigenvalue weighted by Crippen LogP contribution is -2.40. The van der Waals surface area contributed by atoms with Crippen LogP contribution in [0, 0.1) is 5.92 Å². The molecule has 6 nitrogen and oxygen atoms in total. The maximum Gasteiger partial charge on any atom is 0.223 e. The number of hydrogen-bond acceptors (Lipinski definition) is 4. The number of ether oxygens (including phenoxy) is 1. The quantitative estimate of drug-likeness (QED) is 0.728. The first-order chi connectivity index (χ1) is 7.96. The fourth-order valence-corrected chi connectivity index (χ4v) is 3.48. The predicted molar refractivity (Wildman–Crippen MR) is 61.6 cm³/mol. The second-order valence-corrected chi connectivity index (χ2v) is 6.45. The smallest absolute Gasteiger partial charge is 0.223 e. The average Bonchev–Trinajstić information content (AvgIpc) is 2.58. The third kappa shape index (κ3) is 3.40. The molecular weight excluding hydrogens is 244 g/mol. The van der Waals surface area contributed by atoms with E-state index >= 15 is 0 Å². The molecule has 0 saturated carbocycles. The second-order valence-electron chi connectivity index (χ2n) is 4.79. The minimum absolute atomic E-state index is 0.0468. The van der Waals surface area contributed by atoms with Crippen molar-refractivity contribution in [1.29, 1.82) is 0 Å². The molecule has 0 radical (unpaired) electrons. The Labute approximate surface area is 101 Å². The van der Waals surface area contributed by atoms with Gasteiger partial charge in [-0.3, -0.25) is 4.79 Å². The van der Waals surface area contributed by atoms with Crippen LogP contribution in [0.2, 0.25) is 0 Å². The molecule has 1 amide bonds. The van der Waals surface area contributed by atoms with Crippen LogP contribution in [0.25, 0.3) is 0 Å². The van der Waals surface area contributed by atoms with Gasteiger partial charge in [-0.25, -0.2) is 13.6 Å². The first-order valence-electron chi connectivity index (χ1n) is 5.83. The Hall–Kier alpha value is -0.660. The van der Waals surface area contributed by atoms with Gasteiger partial charge in [-0.05, 0) is 12.8 Å². The lowest BCUT2D eigenvalue weighted by atomic mass is 10.1. The highest BCUT2D eigenvalue weighted by Gasteiger charge is 2.36. The molecule has 0 bridgehead atoms. The lowest BCUT2D eigenvalue weighted by molar-refractivity contribution is -0.131. The van der Waals surface area contributed by atoms with E-state index in [1.165, 1.54) is 0 Å². The van der Waals surface area contributed by atoms with E-state index in [9.17, 15) is 13.2 Å². The molecule has 2 fully saturated rings. The van der Waals surface area contributed by atoms with E-state index in [4.69, 9.17) is 9.88 Å². The molecule has 2 saturated heterocycles. The molecule has 7 heteroatoms. The summed E-state index contributed by atoms with van der Waals surface area (Å²) in [7, 11) is -3.49. The topological polar surface area (TPSA) is 89.7 Å². The zero-order valence-corrected chi connectivity index (χ0v) is 10.5. The normalized spacial score (nSPS) is 27.7. The monoisotopic (exact) mass is 262 g/mol. The number of nitrogens with zero attached hydrogens (tertiary/aromatic N) is 1. The Morgan fingerprint density at radius 1 is 1.35 bits per heavy atom. The van der Waals surface area contributed by atoms with Crippen molar-refractivity contribution in [3.05, 3.63) is 0 Å². The van der Waals surface area contributed by atoms with Gasteiger partial charge in [0.2, 0.25) is 15.9 Å². The number of rotatable bonds is 3. The molecular formula is C10H18N2O4S. The van der Waals surface area contributed by atoms with Gasteiger partial charge >= 0.3 is 0 Å². The number of carbonyl (C=O) groups excluding carboxylic acids is 1. The fraction of sp³-hybridized carbons (Fsp3) is 0.900. The summed E-state index contributed by atoms with van der Waals surface area (Å²) >= 11 is 0. The van der Waals surface area contributed by atoms with Crippen molar-refractivity contribution in [2.45, 2.75) is 25.3 Å². The molecule has 0 aromatic heterocycles. The third-order valence-corrected chi connectivity index (χ3v) is 4.27. The van der Waals surface area contributed by atoms with E-state index in [-0.39, 0.29) is 23.6 Å². The van der Waals surface area contributed by atoms with Crippen LogP contribution in [0.5, 0.6) is 0 Å². The van der Waals surface area contributed by atoms with Crippen molar-refractivity contribution >= 4 is 15.9 Å². The van der Waals surface area contributed by atoms with Crippen molar-refractivity contribution in [1.82, 2.24) is 4.90 Å². The highest BCUT2D eigenvalue weighted by Crippen LogP contribution is 2.25. The van der Waals surface area contributed by atoms with Crippen molar-refractivity contribution in [2.24, 2.45) is 11.1 Å². The number of likely N-dealkylation sites (tertiary alicyclic amines) is 1. The highest BCUT2D eigenvalue weighted by molar-refractivity contribution is 7.89. The largest absolute Gasteiger partial charge is 0.381 e. The number of primary sulfonamides is 1. The molecule has 2 N–H and O–H groups in total. The SMILES string of the molecule is NS(=O)(=O)CC1CC(=O)N(C2CCOCC2)C1. The standard InChI is InChI=1S/C10H18N2O4S/c11-17(14,15)7-8-5-10(13)12(6-8)9-1-3-16-4-2-9/h8-9H,1-7H2,(H2,11,14,15). The van der Waals surface area contributed by atoms with Crippen molar-refractivity contribution in [2.75, 3.05) is 25.5 Å². The Morgan fingerprint density at radius 2 is 2.00 bits per heavy atom. The minimum Gasteiger partial charge on any atom is -0.381 e. The summed E-state index contributed by atoms with van der Waals surface area (Å²) in [4.78, 5) is 13.6. The van der Waals surface area contributed by atoms with Gasteiger partial charge in [-0.2, -0.15) is 0 Å². The molecule has 0 aliphatic carbocycles. The molecule has 2 aliphatic rings. The minimum atomic E-state index is -3.49. The summed E-state index contributed by atoms with van der Waals surface area (Å²) in [5, 5.41) is 5.01. The molecule has 0 aromatic carbocycles. The van der Waals surface area contributed by atoms with E-state index in [0.29, 0.717) is 26.2 Å². The van der Waals surface area contributed by atoms with E-state index < -0.39 is 10.0 Å². The van der Waals surface area contributed by atoms with Gasteiger partial charge in [0.1, 0.15) is 0 Å². The van der Waals surface area contributed by atoms with Gasteiger partial charge in [0, 0.05) is 38.1 Å². The van der Waals surface area contributed by atoms with Gasteiger partial charge in [0.05, 0.1) is 5.75 Å². The number of hydrogen-bond donors (Lipinski definition) is 1. The summed E-state index contributed by atoms with van der Waals surface area (Å²) in [6.07, 6.45) is 1.98. The fourth-order valence-electron chi connectivity index (χ4n) is 2.60. The van der Waals surface area contributed by atoms with Gasteiger partial charge in [0.25, 0.3) is 0 Å². The summed E-state index contributed by atoms with van der Waals surface area (Å²) < 4.78 is 27.3. The van der Waals surface area contributed by atoms with Gasteiger partial charge < -0.3 is 9.64 Å². The second kappa shape index (κ2) is 4.91. The molecule has 0 spiro atoms. The molecule has 98 valence electrons. The first kappa shape index (κ1) is 12.8. The highest BCUT2D eigenvalue weighted by atomic mass is 32.2. The molecule has 2 aliphatic heterocycles. The maximum atomic E-state index is 11.8.